The lowest BCUT2D eigenvalue weighted by Gasteiger charge is -2.04. The lowest BCUT2D eigenvalue weighted by molar-refractivity contribution is 0.906. The summed E-state index contributed by atoms with van der Waals surface area (Å²) >= 11 is 1.71. The van der Waals surface area contributed by atoms with E-state index in [9.17, 15) is 0 Å². The molecule has 1 fully saturated rings. The van der Waals surface area contributed by atoms with E-state index in [2.05, 4.69) is 0 Å². The molecular weight excluding hydrogens is 192 g/mol. The fourth-order valence-electron chi connectivity index (χ4n) is 0.667. The van der Waals surface area contributed by atoms with Gasteiger partial charge in [-0.1, -0.05) is 33.7 Å². The summed E-state index contributed by atoms with van der Waals surface area (Å²) in [4.78, 5) is 0. The highest BCUT2D eigenvalue weighted by Crippen LogP contribution is 2.28. The Hall–Kier alpha value is 0.400. The predicted molar refractivity (Wildman–Crippen MR) is 58.5 cm³/mol. The van der Waals surface area contributed by atoms with E-state index in [-0.39, 0.29) is 0 Å². The minimum absolute atomic E-state index is 1.38. The second kappa shape index (κ2) is 7.07. The van der Waals surface area contributed by atoms with Crippen molar-refractivity contribution in [3.05, 3.63) is 22.9 Å². The zero-order valence-corrected chi connectivity index (χ0v) is 8.81. The molecule has 1 aliphatic heterocycles. The van der Waals surface area contributed by atoms with E-state index >= 15 is 0 Å². The molecule has 0 saturated carbocycles. The highest BCUT2D eigenvalue weighted by atomic mass is 33.1. The number of rotatable bonds is 0. The molecular formula is C8H12S3. The van der Waals surface area contributed by atoms with Gasteiger partial charge in [0.25, 0.3) is 0 Å². The van der Waals surface area contributed by atoms with Crippen LogP contribution in [-0.4, -0.2) is 11.5 Å². The SMILES string of the molecule is C1CCSSC1.c1ccsc1. The molecule has 1 aromatic heterocycles. The molecule has 0 spiro atoms. The van der Waals surface area contributed by atoms with Crippen LogP contribution in [0.25, 0.3) is 0 Å². The maximum Gasteiger partial charge on any atom is 0.00372 e. The molecule has 11 heavy (non-hydrogen) atoms. The van der Waals surface area contributed by atoms with Gasteiger partial charge in [-0.05, 0) is 23.6 Å². The first-order valence-electron chi connectivity index (χ1n) is 3.72. The van der Waals surface area contributed by atoms with Crippen LogP contribution in [0.2, 0.25) is 0 Å². The first kappa shape index (κ1) is 9.49. The van der Waals surface area contributed by atoms with Crippen LogP contribution in [0, 0.1) is 0 Å². The Balaban J connectivity index is 0.000000112. The molecule has 1 aromatic rings. The Kier molecular flexibility index (Phi) is 6.10. The Morgan fingerprint density at radius 1 is 0.818 bits per heavy atom. The average Bonchev–Trinajstić information content (AvgIpc) is 2.64. The van der Waals surface area contributed by atoms with Crippen molar-refractivity contribution in [3.63, 3.8) is 0 Å². The summed E-state index contributed by atoms with van der Waals surface area (Å²) in [6.45, 7) is 0. The maximum absolute atomic E-state index is 2.04. The van der Waals surface area contributed by atoms with Crippen molar-refractivity contribution in [2.75, 3.05) is 11.5 Å². The molecule has 2 rings (SSSR count). The zero-order chi connectivity index (χ0) is 7.78. The molecule has 0 unspecified atom stereocenters. The molecule has 0 aromatic carbocycles. The Bertz CT molecular complexity index is 116. The van der Waals surface area contributed by atoms with Gasteiger partial charge in [-0.3, -0.25) is 0 Å². The average molecular weight is 204 g/mol. The van der Waals surface area contributed by atoms with Crippen LogP contribution in [0.3, 0.4) is 0 Å². The van der Waals surface area contributed by atoms with E-state index in [0.29, 0.717) is 0 Å². The topological polar surface area (TPSA) is 0 Å². The summed E-state index contributed by atoms with van der Waals surface area (Å²) in [6.07, 6.45) is 2.88. The Morgan fingerprint density at radius 2 is 1.36 bits per heavy atom. The van der Waals surface area contributed by atoms with Gasteiger partial charge in [-0.25, -0.2) is 0 Å². The minimum atomic E-state index is 1.38. The molecule has 62 valence electrons. The van der Waals surface area contributed by atoms with Crippen molar-refractivity contribution in [3.8, 4) is 0 Å². The van der Waals surface area contributed by atoms with Crippen molar-refractivity contribution in [1.29, 1.82) is 0 Å². The third-order valence-electron chi connectivity index (χ3n) is 1.21. The molecule has 0 bridgehead atoms. The second-order valence-corrected chi connectivity index (χ2v) is 5.66. The molecule has 0 aliphatic carbocycles. The summed E-state index contributed by atoms with van der Waals surface area (Å²) in [5.74, 6) is 2.76. The molecule has 2 heterocycles. The van der Waals surface area contributed by atoms with E-state index in [1.165, 1.54) is 24.3 Å². The second-order valence-electron chi connectivity index (χ2n) is 2.14. The standard InChI is InChI=1S/C4H8S2.C4H4S/c1-2-4-6-5-3-1;1-2-4-5-3-1/h1-4H2;1-4H. The van der Waals surface area contributed by atoms with Crippen molar-refractivity contribution in [1.82, 2.24) is 0 Å². The van der Waals surface area contributed by atoms with Gasteiger partial charge in [0, 0.05) is 11.5 Å². The van der Waals surface area contributed by atoms with Crippen LogP contribution < -0.4 is 0 Å². The lowest BCUT2D eigenvalue weighted by Crippen LogP contribution is -1.86. The Morgan fingerprint density at radius 3 is 1.55 bits per heavy atom. The van der Waals surface area contributed by atoms with Crippen LogP contribution >= 0.6 is 32.9 Å². The van der Waals surface area contributed by atoms with Gasteiger partial charge in [0.2, 0.25) is 0 Å². The smallest absolute Gasteiger partial charge is 0.00372 e. The summed E-state index contributed by atoms with van der Waals surface area (Å²) < 4.78 is 0. The number of thiophene rings is 1. The van der Waals surface area contributed by atoms with Gasteiger partial charge in [-0.15, -0.1) is 0 Å². The minimum Gasteiger partial charge on any atom is -0.152 e. The van der Waals surface area contributed by atoms with Gasteiger partial charge >= 0.3 is 0 Å². The van der Waals surface area contributed by atoms with Crippen molar-refractivity contribution in [2.24, 2.45) is 0 Å². The molecule has 0 radical (unpaired) electrons. The Labute approximate surface area is 80.2 Å². The van der Waals surface area contributed by atoms with Gasteiger partial charge in [0.15, 0.2) is 0 Å². The van der Waals surface area contributed by atoms with E-state index in [0.717, 1.165) is 0 Å². The van der Waals surface area contributed by atoms with Gasteiger partial charge in [-0.2, -0.15) is 11.3 Å². The molecule has 1 aliphatic rings. The largest absolute Gasteiger partial charge is 0.152 e. The van der Waals surface area contributed by atoms with Crippen LogP contribution in [-0.2, 0) is 0 Å². The van der Waals surface area contributed by atoms with Crippen molar-refractivity contribution in [2.45, 2.75) is 12.8 Å². The predicted octanol–water partition coefficient (Wildman–Crippen LogP) is 3.91. The summed E-state index contributed by atoms with van der Waals surface area (Å²) in [7, 11) is 4.02. The monoisotopic (exact) mass is 204 g/mol. The number of hydrogen-bond acceptors (Lipinski definition) is 3. The lowest BCUT2D eigenvalue weighted by atomic mass is 10.4. The van der Waals surface area contributed by atoms with Crippen molar-refractivity contribution >= 4 is 32.9 Å². The van der Waals surface area contributed by atoms with Crippen LogP contribution in [0.1, 0.15) is 12.8 Å². The first-order valence-corrected chi connectivity index (χ1v) is 7.15. The fourth-order valence-corrected chi connectivity index (χ4v) is 3.41. The molecule has 0 amide bonds. The molecule has 0 nitrogen and oxygen atoms in total. The van der Waals surface area contributed by atoms with Gasteiger partial charge in [0.1, 0.15) is 0 Å². The van der Waals surface area contributed by atoms with Crippen LogP contribution in [0.15, 0.2) is 22.9 Å². The van der Waals surface area contributed by atoms with E-state index in [4.69, 9.17) is 0 Å². The third kappa shape index (κ3) is 5.65. The summed E-state index contributed by atoms with van der Waals surface area (Å²) in [5, 5.41) is 4.08. The van der Waals surface area contributed by atoms with Gasteiger partial charge < -0.3 is 0 Å². The van der Waals surface area contributed by atoms with Crippen LogP contribution in [0.5, 0.6) is 0 Å². The quantitative estimate of drug-likeness (QED) is 0.588. The number of hydrogen-bond donors (Lipinski definition) is 0. The highest BCUT2D eigenvalue weighted by molar-refractivity contribution is 8.76. The normalized spacial score (nSPS) is 16.7. The molecule has 3 heteroatoms. The van der Waals surface area contributed by atoms with Crippen LogP contribution in [0.4, 0.5) is 0 Å². The first-order chi connectivity index (χ1) is 5.50. The molecule has 0 atom stereocenters. The third-order valence-corrected chi connectivity index (χ3v) is 4.42. The molecule has 1 saturated heterocycles. The van der Waals surface area contributed by atoms with Gasteiger partial charge in [0.05, 0.1) is 0 Å². The van der Waals surface area contributed by atoms with E-state index in [1.54, 1.807) is 11.3 Å². The summed E-state index contributed by atoms with van der Waals surface area (Å²) in [5.41, 5.74) is 0. The van der Waals surface area contributed by atoms with Crippen molar-refractivity contribution < 1.29 is 0 Å². The van der Waals surface area contributed by atoms with E-state index in [1.807, 2.05) is 44.5 Å². The van der Waals surface area contributed by atoms with E-state index < -0.39 is 0 Å². The zero-order valence-electron chi connectivity index (χ0n) is 6.36. The highest BCUT2D eigenvalue weighted by Gasteiger charge is 1.96. The molecule has 0 N–H and O–H groups in total. The fraction of sp³-hybridized carbons (Fsp3) is 0.500. The summed E-state index contributed by atoms with van der Waals surface area (Å²) in [6, 6.07) is 4.04. The maximum atomic E-state index is 2.04.